The normalized spacial score (nSPS) is 12.6. The molecule has 0 rings (SSSR count). The molecule has 0 fully saturated rings. The Hall–Kier alpha value is -0.160. The number of hydrogen-bond donors (Lipinski definition) is 2. The highest BCUT2D eigenvalue weighted by Gasteiger charge is 2.26. The maximum atomic E-state index is 9.08. The van der Waals surface area contributed by atoms with Gasteiger partial charge in [0.1, 0.15) is 0 Å². The van der Waals surface area contributed by atoms with Gasteiger partial charge in [-0.3, -0.25) is 4.84 Å². The summed E-state index contributed by atoms with van der Waals surface area (Å²) in [4.78, 5) is 4.83. The summed E-state index contributed by atoms with van der Waals surface area (Å²) in [6.07, 6.45) is 0.212. The molecule has 0 aliphatic heterocycles. The topological polar surface area (TPSA) is 52.9 Å². The van der Waals surface area contributed by atoms with Crippen molar-refractivity contribution in [3.63, 3.8) is 0 Å². The van der Waals surface area contributed by atoms with Crippen molar-refractivity contribution in [1.29, 1.82) is 0 Å². The van der Waals surface area contributed by atoms with Crippen molar-refractivity contribution in [2.24, 2.45) is 0 Å². The molecule has 0 aromatic heterocycles. The Balaban J connectivity index is 3.78. The van der Waals surface area contributed by atoms with Crippen LogP contribution >= 0.6 is 0 Å². The van der Waals surface area contributed by atoms with Gasteiger partial charge in [-0.1, -0.05) is 6.92 Å². The van der Waals surface area contributed by atoms with Crippen molar-refractivity contribution in [2.45, 2.75) is 26.2 Å². The van der Waals surface area contributed by atoms with Gasteiger partial charge in [0, 0.05) is 13.5 Å². The van der Waals surface area contributed by atoms with Gasteiger partial charge in [-0.15, -0.1) is 5.06 Å². The molecule has 0 unspecified atom stereocenters. The van der Waals surface area contributed by atoms with Gasteiger partial charge in [0.2, 0.25) is 5.91 Å². The molecule has 4 heteroatoms. The van der Waals surface area contributed by atoms with Crippen molar-refractivity contribution >= 4 is 0 Å². The quantitative estimate of drug-likeness (QED) is 0.433. The van der Waals surface area contributed by atoms with Gasteiger partial charge in [-0.25, -0.2) is 0 Å². The van der Waals surface area contributed by atoms with Gasteiger partial charge in [0.05, 0.1) is 6.61 Å². The Morgan fingerprint density at radius 2 is 1.90 bits per heavy atom. The van der Waals surface area contributed by atoms with E-state index in [1.165, 1.54) is 7.05 Å². The van der Waals surface area contributed by atoms with Crippen LogP contribution < -0.4 is 0 Å². The van der Waals surface area contributed by atoms with E-state index >= 15 is 0 Å². The molecule has 0 radical (unpaired) electrons. The van der Waals surface area contributed by atoms with E-state index in [0.29, 0.717) is 6.61 Å². The minimum absolute atomic E-state index is 0.212. The molecule has 2 N–H and O–H groups in total. The Morgan fingerprint density at radius 1 is 1.40 bits per heavy atom. The zero-order valence-electron chi connectivity index (χ0n) is 6.66. The van der Waals surface area contributed by atoms with Crippen LogP contribution in [0.4, 0.5) is 0 Å². The first-order valence-electron chi connectivity index (χ1n) is 3.36. The second-order valence-electron chi connectivity index (χ2n) is 2.04. The predicted octanol–water partition coefficient (Wildman–Crippen LogP) is -0.0819. The van der Waals surface area contributed by atoms with E-state index < -0.39 is 5.91 Å². The number of hydrogen-bond acceptors (Lipinski definition) is 4. The van der Waals surface area contributed by atoms with Gasteiger partial charge >= 0.3 is 0 Å². The van der Waals surface area contributed by atoms with Gasteiger partial charge in [0.15, 0.2) is 0 Å². The molecule has 10 heavy (non-hydrogen) atoms. The van der Waals surface area contributed by atoms with Crippen LogP contribution in [0.25, 0.3) is 0 Å². The Labute approximate surface area is 61.0 Å². The fourth-order valence-electron chi connectivity index (χ4n) is 0.520. The van der Waals surface area contributed by atoms with Crippen molar-refractivity contribution in [3.05, 3.63) is 0 Å². The van der Waals surface area contributed by atoms with Crippen LogP contribution in [0.3, 0.4) is 0 Å². The van der Waals surface area contributed by atoms with E-state index in [9.17, 15) is 0 Å². The van der Waals surface area contributed by atoms with Crippen LogP contribution in [0.1, 0.15) is 20.3 Å². The smallest absolute Gasteiger partial charge is 0.246 e. The maximum absolute atomic E-state index is 9.08. The second kappa shape index (κ2) is 3.88. The summed E-state index contributed by atoms with van der Waals surface area (Å²) in [7, 11) is 1.48. The summed E-state index contributed by atoms with van der Waals surface area (Å²) in [5.41, 5.74) is 0. The maximum Gasteiger partial charge on any atom is 0.246 e. The predicted molar refractivity (Wildman–Crippen MR) is 36.8 cm³/mol. The van der Waals surface area contributed by atoms with E-state index in [-0.39, 0.29) is 6.42 Å². The molecule has 4 nitrogen and oxygen atoms in total. The lowest BCUT2D eigenvalue weighted by molar-refractivity contribution is -0.368. The largest absolute Gasteiger partial charge is 0.352 e. The van der Waals surface area contributed by atoms with Crippen molar-refractivity contribution in [1.82, 2.24) is 5.06 Å². The molecule has 0 saturated heterocycles. The summed E-state index contributed by atoms with van der Waals surface area (Å²) in [6, 6.07) is 0. The van der Waals surface area contributed by atoms with Gasteiger partial charge in [-0.2, -0.15) is 0 Å². The van der Waals surface area contributed by atoms with Crippen LogP contribution in [0.2, 0.25) is 0 Å². The number of nitrogens with zero attached hydrogens (tertiary/aromatic N) is 1. The van der Waals surface area contributed by atoms with Crippen molar-refractivity contribution in [2.75, 3.05) is 13.7 Å². The third-order valence-corrected chi connectivity index (χ3v) is 1.30. The molecule has 0 aliphatic rings. The fourth-order valence-corrected chi connectivity index (χ4v) is 0.520. The van der Waals surface area contributed by atoms with E-state index in [4.69, 9.17) is 15.1 Å². The first kappa shape index (κ1) is 9.84. The highest BCUT2D eigenvalue weighted by molar-refractivity contribution is 4.52. The lowest BCUT2D eigenvalue weighted by atomic mass is 10.4. The lowest BCUT2D eigenvalue weighted by Gasteiger charge is -2.29. The zero-order chi connectivity index (χ0) is 8.20. The fraction of sp³-hybridized carbons (Fsp3) is 1.00. The Kier molecular flexibility index (Phi) is 3.81. The highest BCUT2D eigenvalue weighted by atomic mass is 16.7. The summed E-state index contributed by atoms with van der Waals surface area (Å²) in [5.74, 6) is -1.84. The molecule has 62 valence electrons. The molecule has 0 atom stereocenters. The van der Waals surface area contributed by atoms with Crippen LogP contribution in [0, 0.1) is 0 Å². The molecule has 0 aromatic rings. The van der Waals surface area contributed by atoms with Crippen LogP contribution in [0.15, 0.2) is 0 Å². The third-order valence-electron chi connectivity index (χ3n) is 1.30. The van der Waals surface area contributed by atoms with E-state index in [1.54, 1.807) is 13.8 Å². The number of hydroxylamine groups is 2. The average molecular weight is 149 g/mol. The number of rotatable bonds is 4. The van der Waals surface area contributed by atoms with Crippen molar-refractivity contribution in [3.8, 4) is 0 Å². The third kappa shape index (κ3) is 2.62. The molecule has 0 bridgehead atoms. The van der Waals surface area contributed by atoms with E-state index in [1.807, 2.05) is 0 Å². The van der Waals surface area contributed by atoms with Crippen molar-refractivity contribution < 1.29 is 15.1 Å². The summed E-state index contributed by atoms with van der Waals surface area (Å²) in [6.45, 7) is 3.87. The van der Waals surface area contributed by atoms with Crippen LogP contribution in [0.5, 0.6) is 0 Å². The Morgan fingerprint density at radius 3 is 2.20 bits per heavy atom. The van der Waals surface area contributed by atoms with E-state index in [0.717, 1.165) is 5.06 Å². The molecule has 0 aliphatic carbocycles. The summed E-state index contributed by atoms with van der Waals surface area (Å²) >= 11 is 0. The molecule has 0 heterocycles. The summed E-state index contributed by atoms with van der Waals surface area (Å²) < 4.78 is 0. The first-order valence-corrected chi connectivity index (χ1v) is 3.36. The van der Waals surface area contributed by atoms with Gasteiger partial charge in [0.25, 0.3) is 0 Å². The van der Waals surface area contributed by atoms with Crippen LogP contribution in [-0.4, -0.2) is 34.8 Å². The molecular formula is C6H15NO3. The van der Waals surface area contributed by atoms with Crippen LogP contribution in [-0.2, 0) is 4.84 Å². The molecule has 0 spiro atoms. The lowest BCUT2D eigenvalue weighted by Crippen LogP contribution is -2.45. The monoisotopic (exact) mass is 149 g/mol. The highest BCUT2D eigenvalue weighted by Crippen LogP contribution is 2.09. The Bertz CT molecular complexity index is 95.0. The van der Waals surface area contributed by atoms with Gasteiger partial charge < -0.3 is 10.2 Å². The average Bonchev–Trinajstić information content (AvgIpc) is 1.89. The number of aliphatic hydroxyl groups is 2. The standard InChI is InChI=1S/C6H15NO3/c1-4-6(8,9)7(3)10-5-2/h8-9H,4-5H2,1-3H3. The minimum Gasteiger partial charge on any atom is -0.352 e. The SMILES string of the molecule is CCON(C)C(O)(O)CC. The molecule has 0 amide bonds. The molecule has 0 saturated carbocycles. The van der Waals surface area contributed by atoms with E-state index in [2.05, 4.69) is 0 Å². The summed E-state index contributed by atoms with van der Waals surface area (Å²) in [5, 5.41) is 19.2. The van der Waals surface area contributed by atoms with Gasteiger partial charge in [-0.05, 0) is 6.92 Å². The minimum atomic E-state index is -1.84. The second-order valence-corrected chi connectivity index (χ2v) is 2.04. The zero-order valence-corrected chi connectivity index (χ0v) is 6.66. The molecular weight excluding hydrogens is 134 g/mol. The first-order chi connectivity index (χ1) is 4.54. The molecule has 0 aromatic carbocycles.